The summed E-state index contributed by atoms with van der Waals surface area (Å²) in [6.45, 7) is 0. The van der Waals surface area contributed by atoms with Crippen LogP contribution in [0.5, 0.6) is 11.6 Å². The first kappa shape index (κ1) is 10.3. The molecule has 1 fully saturated rings. The average molecular weight is 212 g/mol. The third-order valence-electron chi connectivity index (χ3n) is 2.58. The van der Waals surface area contributed by atoms with Gasteiger partial charge in [0.15, 0.2) is 5.75 Å². The molecule has 2 rings (SSSR count). The molecule has 0 bridgehead atoms. The van der Waals surface area contributed by atoms with Crippen molar-refractivity contribution in [3.63, 3.8) is 0 Å². The van der Waals surface area contributed by atoms with Crippen molar-refractivity contribution in [1.82, 2.24) is 9.78 Å². The lowest BCUT2D eigenvalue weighted by Crippen LogP contribution is -2.26. The summed E-state index contributed by atoms with van der Waals surface area (Å²) in [5.41, 5.74) is 0. The summed E-state index contributed by atoms with van der Waals surface area (Å²) in [5, 5.41) is 21.7. The van der Waals surface area contributed by atoms with E-state index in [0.717, 1.165) is 19.3 Å². The van der Waals surface area contributed by atoms with Crippen LogP contribution in [-0.4, -0.2) is 34.3 Å². The molecule has 0 aliphatic heterocycles. The molecule has 1 saturated carbocycles. The summed E-state index contributed by atoms with van der Waals surface area (Å²) >= 11 is 0. The minimum absolute atomic E-state index is 0.275. The molecule has 1 aliphatic carbocycles. The Hall–Kier alpha value is -1.21. The van der Waals surface area contributed by atoms with Gasteiger partial charge in [-0.1, -0.05) is 0 Å². The van der Waals surface area contributed by atoms with Gasteiger partial charge < -0.3 is 19.4 Å². The van der Waals surface area contributed by atoms with E-state index in [-0.39, 0.29) is 11.9 Å². The van der Waals surface area contributed by atoms with Crippen LogP contribution in [0.2, 0.25) is 0 Å². The lowest BCUT2D eigenvalue weighted by molar-refractivity contribution is 0.230. The van der Waals surface area contributed by atoms with Gasteiger partial charge in [-0.2, -0.15) is 5.10 Å². The molecule has 1 aliphatic rings. The molecule has 1 heterocycles. The molecule has 0 unspecified atom stereocenters. The Morgan fingerprint density at radius 2 is 2.27 bits per heavy atom. The fourth-order valence-corrected chi connectivity index (χ4v) is 1.58. The van der Waals surface area contributed by atoms with E-state index in [4.69, 9.17) is 19.4 Å². The highest BCUT2D eigenvalue weighted by atomic mass is 16.6. The molecule has 2 N–H and O–H groups in total. The number of hydrogen-bond donors (Lipinski definition) is 2. The summed E-state index contributed by atoms with van der Waals surface area (Å²) in [6, 6.07) is 0.280. The van der Waals surface area contributed by atoms with Crippen molar-refractivity contribution in [2.24, 2.45) is 0 Å². The van der Waals surface area contributed by atoms with Crippen molar-refractivity contribution in [3.05, 3.63) is 6.20 Å². The monoisotopic (exact) mass is 212 g/mol. The quantitative estimate of drug-likeness (QED) is 0.685. The summed E-state index contributed by atoms with van der Waals surface area (Å²) in [7, 11) is -0.368. The van der Waals surface area contributed by atoms with Gasteiger partial charge in [0.05, 0.1) is 19.3 Å². The summed E-state index contributed by atoms with van der Waals surface area (Å²) in [4.78, 5) is 0. The molecule has 0 saturated heterocycles. The van der Waals surface area contributed by atoms with Crippen LogP contribution < -0.4 is 9.39 Å². The zero-order valence-corrected chi connectivity index (χ0v) is 8.46. The Morgan fingerprint density at radius 1 is 1.53 bits per heavy atom. The Bertz CT molecular complexity index is 337. The fourth-order valence-electron chi connectivity index (χ4n) is 1.58. The predicted molar refractivity (Wildman–Crippen MR) is 52.5 cm³/mol. The van der Waals surface area contributed by atoms with Gasteiger partial charge in [-0.15, -0.1) is 0 Å². The molecule has 1 aromatic rings. The third kappa shape index (κ3) is 1.93. The number of ether oxygens (including phenoxy) is 1. The Kier molecular flexibility index (Phi) is 2.83. The Balaban J connectivity index is 2.23. The molecule has 6 nitrogen and oxygen atoms in total. The molecule has 0 atom stereocenters. The Labute approximate surface area is 87.6 Å². The van der Waals surface area contributed by atoms with E-state index >= 15 is 0 Å². The molecule has 7 heteroatoms. The standard InChI is InChI=1S/C8H13BN2O4/c1-14-7-5-10-11(6-3-2-4-6)8(7)15-9(12)13/h5-6,12-13H,2-4H2,1H3. The summed E-state index contributed by atoms with van der Waals surface area (Å²) < 4.78 is 11.5. The van der Waals surface area contributed by atoms with Crippen LogP contribution in [0.1, 0.15) is 25.3 Å². The fraction of sp³-hybridized carbons (Fsp3) is 0.625. The molecule has 0 amide bonds. The van der Waals surface area contributed by atoms with E-state index in [1.54, 1.807) is 4.68 Å². The van der Waals surface area contributed by atoms with Gasteiger partial charge in [0.25, 0.3) is 0 Å². The van der Waals surface area contributed by atoms with E-state index < -0.39 is 7.32 Å². The second-order valence-electron chi connectivity index (χ2n) is 3.49. The Morgan fingerprint density at radius 3 is 2.73 bits per heavy atom. The topological polar surface area (TPSA) is 76.7 Å². The maximum atomic E-state index is 8.78. The van der Waals surface area contributed by atoms with Gasteiger partial charge in [-0.05, 0) is 19.3 Å². The smallest absolute Gasteiger partial charge is 0.495 e. The van der Waals surface area contributed by atoms with Gasteiger partial charge in [-0.25, -0.2) is 4.68 Å². The maximum Gasteiger partial charge on any atom is 0.708 e. The van der Waals surface area contributed by atoms with Crippen molar-refractivity contribution >= 4 is 7.32 Å². The first-order chi connectivity index (χ1) is 7.22. The molecule has 0 spiro atoms. The van der Waals surface area contributed by atoms with Crippen LogP contribution in [0.15, 0.2) is 6.20 Å². The van der Waals surface area contributed by atoms with E-state index in [1.807, 2.05) is 0 Å². The first-order valence-electron chi connectivity index (χ1n) is 4.86. The van der Waals surface area contributed by atoms with Gasteiger partial charge in [0.2, 0.25) is 5.88 Å². The SMILES string of the molecule is COc1cnn(C2CCC2)c1OB(O)O. The van der Waals surface area contributed by atoms with E-state index in [9.17, 15) is 0 Å². The number of rotatable bonds is 4. The van der Waals surface area contributed by atoms with Crippen molar-refractivity contribution < 1.29 is 19.4 Å². The van der Waals surface area contributed by atoms with Gasteiger partial charge in [-0.3, -0.25) is 0 Å². The molecule has 82 valence electrons. The highest BCUT2D eigenvalue weighted by Gasteiger charge is 2.27. The highest BCUT2D eigenvalue weighted by Crippen LogP contribution is 2.38. The lowest BCUT2D eigenvalue weighted by Gasteiger charge is -2.27. The number of hydrogen-bond acceptors (Lipinski definition) is 5. The predicted octanol–water partition coefficient (Wildman–Crippen LogP) is -0.0350. The van der Waals surface area contributed by atoms with Crippen LogP contribution >= 0.6 is 0 Å². The average Bonchev–Trinajstić information content (AvgIpc) is 2.45. The molecule has 0 radical (unpaired) electrons. The highest BCUT2D eigenvalue weighted by molar-refractivity contribution is 6.33. The second-order valence-corrected chi connectivity index (χ2v) is 3.49. The van der Waals surface area contributed by atoms with Gasteiger partial charge in [0.1, 0.15) is 0 Å². The summed E-state index contributed by atoms with van der Waals surface area (Å²) in [5.74, 6) is 0.687. The van der Waals surface area contributed by atoms with E-state index in [0.29, 0.717) is 5.75 Å². The lowest BCUT2D eigenvalue weighted by atomic mass is 9.93. The number of methoxy groups -OCH3 is 1. The minimum Gasteiger partial charge on any atom is -0.495 e. The minimum atomic E-state index is -1.85. The van der Waals surface area contributed by atoms with Crippen LogP contribution in [0.25, 0.3) is 0 Å². The molecule has 0 aromatic carbocycles. The largest absolute Gasteiger partial charge is 0.708 e. The van der Waals surface area contributed by atoms with Crippen LogP contribution in [0, 0.1) is 0 Å². The third-order valence-corrected chi connectivity index (χ3v) is 2.58. The molecular formula is C8H13BN2O4. The van der Waals surface area contributed by atoms with Crippen LogP contribution in [0.3, 0.4) is 0 Å². The van der Waals surface area contributed by atoms with Crippen LogP contribution in [-0.2, 0) is 0 Å². The zero-order chi connectivity index (χ0) is 10.8. The maximum absolute atomic E-state index is 8.78. The van der Waals surface area contributed by atoms with Crippen molar-refractivity contribution in [2.75, 3.05) is 7.11 Å². The molecule has 1 aromatic heterocycles. The zero-order valence-electron chi connectivity index (χ0n) is 8.46. The van der Waals surface area contributed by atoms with Crippen molar-refractivity contribution in [2.45, 2.75) is 25.3 Å². The second kappa shape index (κ2) is 4.12. The van der Waals surface area contributed by atoms with Crippen LogP contribution in [0.4, 0.5) is 0 Å². The van der Waals surface area contributed by atoms with Crippen molar-refractivity contribution in [1.29, 1.82) is 0 Å². The molecule has 15 heavy (non-hydrogen) atoms. The van der Waals surface area contributed by atoms with Gasteiger partial charge >= 0.3 is 7.32 Å². The first-order valence-corrected chi connectivity index (χ1v) is 4.86. The van der Waals surface area contributed by atoms with Crippen molar-refractivity contribution in [3.8, 4) is 11.6 Å². The number of aromatic nitrogens is 2. The normalized spacial score (nSPS) is 15.9. The number of nitrogens with zero attached hydrogens (tertiary/aromatic N) is 2. The van der Waals surface area contributed by atoms with E-state index in [2.05, 4.69) is 5.10 Å². The molecular weight excluding hydrogens is 199 g/mol. The summed E-state index contributed by atoms with van der Waals surface area (Å²) in [6.07, 6.45) is 4.73. The van der Waals surface area contributed by atoms with Gasteiger partial charge in [0, 0.05) is 0 Å². The van der Waals surface area contributed by atoms with E-state index in [1.165, 1.54) is 13.3 Å².